The normalized spacial score (nSPS) is 11.6. The summed E-state index contributed by atoms with van der Waals surface area (Å²) in [5.74, 6) is -0.136. The molecular formula is C10H9Br2F3O. The monoisotopic (exact) mass is 360 g/mol. The Balaban J connectivity index is 2.89. The molecule has 0 heterocycles. The van der Waals surface area contributed by atoms with Crippen LogP contribution in [-0.2, 0) is 6.42 Å². The average Bonchev–Trinajstić information content (AvgIpc) is 2.14. The Morgan fingerprint density at radius 1 is 1.25 bits per heavy atom. The molecule has 0 fully saturated rings. The number of halogens is 5. The van der Waals surface area contributed by atoms with Gasteiger partial charge in [-0.25, -0.2) is 0 Å². The summed E-state index contributed by atoms with van der Waals surface area (Å²) in [6, 6.07) is 4.66. The number of ether oxygens (including phenoxy) is 1. The van der Waals surface area contributed by atoms with E-state index in [4.69, 9.17) is 0 Å². The fraction of sp³-hybridized carbons (Fsp3) is 0.400. The summed E-state index contributed by atoms with van der Waals surface area (Å²) in [6.45, 7) is 0. The van der Waals surface area contributed by atoms with Gasteiger partial charge in [0.25, 0.3) is 0 Å². The highest BCUT2D eigenvalue weighted by atomic mass is 79.9. The van der Waals surface area contributed by atoms with E-state index in [2.05, 4.69) is 36.6 Å². The van der Waals surface area contributed by atoms with E-state index in [0.717, 1.165) is 11.8 Å². The zero-order valence-corrected chi connectivity index (χ0v) is 11.3. The van der Waals surface area contributed by atoms with Crippen LogP contribution in [0.25, 0.3) is 0 Å². The lowest BCUT2D eigenvalue weighted by molar-refractivity contribution is -0.274. The average molecular weight is 362 g/mol. The largest absolute Gasteiger partial charge is 0.573 e. The molecule has 0 saturated heterocycles. The zero-order chi connectivity index (χ0) is 12.2. The molecule has 0 aliphatic carbocycles. The zero-order valence-electron chi connectivity index (χ0n) is 8.15. The van der Waals surface area contributed by atoms with Crippen molar-refractivity contribution in [1.29, 1.82) is 0 Å². The summed E-state index contributed by atoms with van der Waals surface area (Å²) in [6.07, 6.45) is -3.34. The van der Waals surface area contributed by atoms with Crippen molar-refractivity contribution < 1.29 is 17.9 Å². The van der Waals surface area contributed by atoms with Gasteiger partial charge in [-0.05, 0) is 30.5 Å². The molecule has 0 aliphatic heterocycles. The molecule has 0 unspecified atom stereocenters. The lowest BCUT2D eigenvalue weighted by Crippen LogP contribution is -2.18. The van der Waals surface area contributed by atoms with Crippen LogP contribution in [-0.4, -0.2) is 11.7 Å². The van der Waals surface area contributed by atoms with Crippen molar-refractivity contribution >= 4 is 31.9 Å². The Bertz CT molecular complexity index is 352. The molecule has 0 N–H and O–H groups in total. The first-order valence-electron chi connectivity index (χ1n) is 4.52. The van der Waals surface area contributed by atoms with Crippen molar-refractivity contribution in [2.24, 2.45) is 0 Å². The highest BCUT2D eigenvalue weighted by Crippen LogP contribution is 2.30. The maximum Gasteiger partial charge on any atom is 0.573 e. The van der Waals surface area contributed by atoms with Gasteiger partial charge in [-0.15, -0.1) is 13.2 Å². The fourth-order valence-corrected chi connectivity index (χ4v) is 1.83. The topological polar surface area (TPSA) is 9.23 Å². The van der Waals surface area contributed by atoms with Crippen LogP contribution in [0.1, 0.15) is 12.0 Å². The van der Waals surface area contributed by atoms with Crippen LogP contribution >= 0.6 is 31.9 Å². The summed E-state index contributed by atoms with van der Waals surface area (Å²) in [5.41, 5.74) is 0.556. The first-order valence-corrected chi connectivity index (χ1v) is 6.44. The van der Waals surface area contributed by atoms with Gasteiger partial charge in [0.05, 0.1) is 0 Å². The molecule has 0 radical (unpaired) electrons. The standard InChI is InChI=1S/C10H9Br2F3O/c11-5-1-2-7-3-4-8(12)6-9(7)16-10(13,14)15/h3-4,6H,1-2,5H2. The number of hydrogen-bond acceptors (Lipinski definition) is 1. The van der Waals surface area contributed by atoms with Gasteiger partial charge in [0, 0.05) is 9.80 Å². The maximum atomic E-state index is 12.1. The number of hydrogen-bond donors (Lipinski definition) is 0. The third-order valence-electron chi connectivity index (χ3n) is 1.83. The summed E-state index contributed by atoms with van der Waals surface area (Å²) in [4.78, 5) is 0. The summed E-state index contributed by atoms with van der Waals surface area (Å²) < 4.78 is 40.9. The van der Waals surface area contributed by atoms with E-state index >= 15 is 0 Å². The van der Waals surface area contributed by atoms with E-state index in [9.17, 15) is 13.2 Å². The van der Waals surface area contributed by atoms with Crippen molar-refractivity contribution in [3.63, 3.8) is 0 Å². The molecule has 6 heteroatoms. The minimum Gasteiger partial charge on any atom is -0.405 e. The molecule has 1 aromatic rings. The Morgan fingerprint density at radius 2 is 1.94 bits per heavy atom. The Hall–Kier alpha value is -0.230. The second-order valence-electron chi connectivity index (χ2n) is 3.09. The van der Waals surface area contributed by atoms with Gasteiger partial charge in [-0.2, -0.15) is 0 Å². The van der Waals surface area contributed by atoms with E-state index in [0.29, 0.717) is 16.5 Å². The molecule has 0 aromatic heterocycles. The van der Waals surface area contributed by atoms with Crippen LogP contribution < -0.4 is 4.74 Å². The third-order valence-corrected chi connectivity index (χ3v) is 2.89. The number of alkyl halides is 4. The Labute approximate surface area is 108 Å². The number of benzene rings is 1. The molecule has 0 amide bonds. The van der Waals surface area contributed by atoms with E-state index < -0.39 is 6.36 Å². The third kappa shape index (κ3) is 4.74. The molecule has 1 nitrogen and oxygen atoms in total. The quantitative estimate of drug-likeness (QED) is 0.708. The highest BCUT2D eigenvalue weighted by molar-refractivity contribution is 9.10. The lowest BCUT2D eigenvalue weighted by Gasteiger charge is -2.13. The predicted octanol–water partition coefficient (Wildman–Crippen LogP) is 4.68. The van der Waals surface area contributed by atoms with Crippen molar-refractivity contribution in [3.05, 3.63) is 28.2 Å². The van der Waals surface area contributed by atoms with Crippen LogP contribution in [0.5, 0.6) is 5.75 Å². The molecule has 16 heavy (non-hydrogen) atoms. The summed E-state index contributed by atoms with van der Waals surface area (Å²) >= 11 is 6.35. The lowest BCUT2D eigenvalue weighted by atomic mass is 10.1. The molecule has 0 aliphatic rings. The molecule has 0 spiro atoms. The highest BCUT2D eigenvalue weighted by Gasteiger charge is 2.32. The molecule has 0 bridgehead atoms. The molecule has 1 rings (SSSR count). The Kier molecular flexibility index (Phi) is 5.11. The van der Waals surface area contributed by atoms with Gasteiger partial charge >= 0.3 is 6.36 Å². The second-order valence-corrected chi connectivity index (χ2v) is 4.80. The van der Waals surface area contributed by atoms with Crippen molar-refractivity contribution in [1.82, 2.24) is 0 Å². The maximum absolute atomic E-state index is 12.1. The Morgan fingerprint density at radius 3 is 2.50 bits per heavy atom. The van der Waals surface area contributed by atoms with Gasteiger partial charge in [-0.1, -0.05) is 37.9 Å². The minimum atomic E-state index is -4.65. The molecule has 90 valence electrons. The molecule has 0 saturated carbocycles. The van der Waals surface area contributed by atoms with E-state index in [1.807, 2.05) is 0 Å². The van der Waals surface area contributed by atoms with E-state index in [-0.39, 0.29) is 5.75 Å². The predicted molar refractivity (Wildman–Crippen MR) is 62.9 cm³/mol. The van der Waals surface area contributed by atoms with Crippen LogP contribution in [0.2, 0.25) is 0 Å². The van der Waals surface area contributed by atoms with Crippen molar-refractivity contribution in [3.8, 4) is 5.75 Å². The van der Waals surface area contributed by atoms with Crippen molar-refractivity contribution in [2.75, 3.05) is 5.33 Å². The van der Waals surface area contributed by atoms with Gasteiger partial charge in [0.1, 0.15) is 5.75 Å². The van der Waals surface area contributed by atoms with Crippen LogP contribution in [0.3, 0.4) is 0 Å². The first-order chi connectivity index (χ1) is 7.42. The summed E-state index contributed by atoms with van der Waals surface area (Å²) in [5, 5.41) is 0.745. The number of rotatable bonds is 4. The molecule has 1 aromatic carbocycles. The van der Waals surface area contributed by atoms with Crippen molar-refractivity contribution in [2.45, 2.75) is 19.2 Å². The van der Waals surface area contributed by atoms with E-state index in [1.165, 1.54) is 6.07 Å². The number of aryl methyl sites for hydroxylation is 1. The van der Waals surface area contributed by atoms with Gasteiger partial charge in [0.2, 0.25) is 0 Å². The van der Waals surface area contributed by atoms with Crippen LogP contribution in [0, 0.1) is 0 Å². The summed E-state index contributed by atoms with van der Waals surface area (Å²) in [7, 11) is 0. The van der Waals surface area contributed by atoms with Crippen LogP contribution in [0.4, 0.5) is 13.2 Å². The van der Waals surface area contributed by atoms with Gasteiger partial charge in [-0.3, -0.25) is 0 Å². The minimum absolute atomic E-state index is 0.136. The first kappa shape index (κ1) is 13.8. The molecule has 0 atom stereocenters. The van der Waals surface area contributed by atoms with Crippen LogP contribution in [0.15, 0.2) is 22.7 Å². The second kappa shape index (κ2) is 5.91. The smallest absolute Gasteiger partial charge is 0.405 e. The van der Waals surface area contributed by atoms with E-state index in [1.54, 1.807) is 12.1 Å². The SMILES string of the molecule is FC(F)(F)Oc1cc(Br)ccc1CCCBr. The fourth-order valence-electron chi connectivity index (χ4n) is 1.21. The molecular weight excluding hydrogens is 353 g/mol. The van der Waals surface area contributed by atoms with Gasteiger partial charge in [0.15, 0.2) is 0 Å². The van der Waals surface area contributed by atoms with Gasteiger partial charge < -0.3 is 4.74 Å².